The number of nitrogens with zero attached hydrogens (tertiary/aromatic N) is 4. The fourth-order valence-electron chi connectivity index (χ4n) is 2.46. The predicted molar refractivity (Wildman–Crippen MR) is 89.0 cm³/mol. The van der Waals surface area contributed by atoms with Crippen LogP contribution >= 0.6 is 0 Å². The molecule has 1 unspecified atom stereocenters. The Bertz CT molecular complexity index is 964. The van der Waals surface area contributed by atoms with Gasteiger partial charge in [-0.2, -0.15) is 10.2 Å². The first-order chi connectivity index (χ1) is 12.0. The Morgan fingerprint density at radius 2 is 2.16 bits per heavy atom. The van der Waals surface area contributed by atoms with Crippen LogP contribution in [0.15, 0.2) is 53.7 Å². The first-order valence-electron chi connectivity index (χ1n) is 7.38. The highest BCUT2D eigenvalue weighted by molar-refractivity contribution is 5.65. The summed E-state index contributed by atoms with van der Waals surface area (Å²) in [6.45, 7) is 1.83. The molecule has 0 bridgehead atoms. The average molecular weight is 343 g/mol. The largest absolute Gasteiger partial charge is 0.382 e. The topological polar surface area (TPSA) is 104 Å². The van der Waals surface area contributed by atoms with E-state index in [9.17, 15) is 8.78 Å². The van der Waals surface area contributed by atoms with Gasteiger partial charge in [0.1, 0.15) is 23.5 Å². The van der Waals surface area contributed by atoms with Crippen molar-refractivity contribution in [2.75, 3.05) is 11.1 Å². The number of fused-ring (bicyclic) bond motifs is 1. The van der Waals surface area contributed by atoms with Gasteiger partial charge in [0.15, 0.2) is 5.82 Å². The fraction of sp³-hybridized carbons (Fsp3) is 0.125. The van der Waals surface area contributed by atoms with Crippen LogP contribution in [0.2, 0.25) is 0 Å². The van der Waals surface area contributed by atoms with Gasteiger partial charge in [-0.05, 0) is 24.3 Å². The molecular weight excluding hydrogens is 328 g/mol. The highest BCUT2D eigenvalue weighted by Gasteiger charge is 2.17. The van der Waals surface area contributed by atoms with Crippen molar-refractivity contribution in [1.82, 2.24) is 14.6 Å². The summed E-state index contributed by atoms with van der Waals surface area (Å²) in [5.74, 6) is -1.39. The van der Waals surface area contributed by atoms with E-state index in [0.717, 1.165) is 17.8 Å². The van der Waals surface area contributed by atoms with Gasteiger partial charge in [0.2, 0.25) is 0 Å². The summed E-state index contributed by atoms with van der Waals surface area (Å²) in [4.78, 5) is 3.92. The minimum Gasteiger partial charge on any atom is -0.382 e. The number of nitrogen functional groups attached to an aromatic ring is 1. The normalized spacial score (nSPS) is 13.0. The second-order valence-corrected chi connectivity index (χ2v) is 5.37. The predicted octanol–water partition coefficient (Wildman–Crippen LogP) is 3.68. The summed E-state index contributed by atoms with van der Waals surface area (Å²) < 4.78 is 28.3. The summed E-state index contributed by atoms with van der Waals surface area (Å²) in [6, 6.07) is 6.77. The van der Waals surface area contributed by atoms with Gasteiger partial charge < -0.3 is 11.1 Å². The molecule has 7 nitrogen and oxygen atoms in total. The van der Waals surface area contributed by atoms with Gasteiger partial charge in [0.25, 0.3) is 0 Å². The fourth-order valence-corrected chi connectivity index (χ4v) is 2.46. The lowest BCUT2D eigenvalue weighted by Gasteiger charge is -2.12. The van der Waals surface area contributed by atoms with Crippen LogP contribution in [-0.4, -0.2) is 14.6 Å². The molecule has 1 aromatic carbocycles. The lowest BCUT2D eigenvalue weighted by molar-refractivity contribution is 0.586. The van der Waals surface area contributed by atoms with E-state index in [-0.39, 0.29) is 11.6 Å². The molecule has 3 rings (SSSR count). The van der Waals surface area contributed by atoms with Crippen LogP contribution in [0.1, 0.15) is 18.5 Å². The van der Waals surface area contributed by atoms with Crippen molar-refractivity contribution in [3.05, 3.63) is 65.9 Å². The van der Waals surface area contributed by atoms with Crippen LogP contribution in [0.25, 0.3) is 5.52 Å². The van der Waals surface area contributed by atoms with Gasteiger partial charge in [0.05, 0.1) is 17.1 Å². The summed E-state index contributed by atoms with van der Waals surface area (Å²) in [6.07, 6.45) is 2.74. The number of nitrogens with one attached hydrogen (secondary N) is 2. The first-order valence-corrected chi connectivity index (χ1v) is 7.38. The van der Waals surface area contributed by atoms with E-state index in [0.29, 0.717) is 17.0 Å². The Morgan fingerprint density at radius 1 is 1.36 bits per heavy atom. The summed E-state index contributed by atoms with van der Waals surface area (Å²) in [5.41, 5.74) is 15.0. The van der Waals surface area contributed by atoms with E-state index in [2.05, 4.69) is 20.5 Å². The molecule has 0 aliphatic carbocycles. The van der Waals surface area contributed by atoms with E-state index >= 15 is 0 Å². The van der Waals surface area contributed by atoms with Crippen molar-refractivity contribution in [1.29, 1.82) is 5.53 Å². The number of anilines is 2. The molecule has 0 radical (unpaired) electrons. The van der Waals surface area contributed by atoms with Gasteiger partial charge in [0, 0.05) is 18.2 Å². The van der Waals surface area contributed by atoms with Crippen LogP contribution in [-0.2, 0) is 0 Å². The van der Waals surface area contributed by atoms with Gasteiger partial charge in [-0.1, -0.05) is 6.92 Å². The highest BCUT2D eigenvalue weighted by atomic mass is 19.1. The second kappa shape index (κ2) is 6.63. The third-order valence-electron chi connectivity index (χ3n) is 3.83. The number of benzene rings is 1. The Morgan fingerprint density at radius 3 is 2.88 bits per heavy atom. The summed E-state index contributed by atoms with van der Waals surface area (Å²) in [5, 5.41) is 10.4. The number of rotatable bonds is 5. The Hall–Kier alpha value is -3.36. The van der Waals surface area contributed by atoms with E-state index in [1.54, 1.807) is 10.6 Å². The molecule has 0 spiro atoms. The van der Waals surface area contributed by atoms with Gasteiger partial charge >= 0.3 is 0 Å². The van der Waals surface area contributed by atoms with Gasteiger partial charge in [-0.25, -0.2) is 23.8 Å². The summed E-state index contributed by atoms with van der Waals surface area (Å²) >= 11 is 0. The number of halogens is 2. The van der Waals surface area contributed by atoms with Gasteiger partial charge in [-0.3, -0.25) is 0 Å². The number of hydrogen-bond acceptors (Lipinski definition) is 6. The maximum atomic E-state index is 13.7. The van der Waals surface area contributed by atoms with E-state index in [1.165, 1.54) is 18.6 Å². The van der Waals surface area contributed by atoms with Crippen molar-refractivity contribution in [2.45, 2.75) is 12.8 Å². The van der Waals surface area contributed by atoms with E-state index in [1.807, 2.05) is 13.0 Å². The smallest absolute Gasteiger partial charge is 0.151 e. The Kier molecular flexibility index (Phi) is 4.38. The van der Waals surface area contributed by atoms with Gasteiger partial charge in [-0.15, -0.1) is 0 Å². The monoisotopic (exact) mass is 343 g/mol. The molecule has 0 fully saturated rings. The minimum atomic E-state index is -0.734. The van der Waals surface area contributed by atoms with Crippen LogP contribution in [0.5, 0.6) is 0 Å². The van der Waals surface area contributed by atoms with Crippen molar-refractivity contribution >= 4 is 17.0 Å². The minimum absolute atomic E-state index is 0.0846. The third kappa shape index (κ3) is 3.16. The molecule has 2 aromatic heterocycles. The first kappa shape index (κ1) is 16.5. The Balaban J connectivity index is 1.91. The molecule has 1 atom stereocenters. The van der Waals surface area contributed by atoms with Crippen molar-refractivity contribution < 1.29 is 8.78 Å². The molecular formula is C16H15F2N7. The molecule has 4 N–H and O–H groups in total. The van der Waals surface area contributed by atoms with Crippen LogP contribution in [0.3, 0.4) is 0 Å². The number of hydrogen-bond donors (Lipinski definition) is 3. The lowest BCUT2D eigenvalue weighted by Crippen LogP contribution is -2.06. The number of allylic oxidation sites excluding steroid dienone is 1. The quantitative estimate of drug-likeness (QED) is 0.615. The lowest BCUT2D eigenvalue weighted by atomic mass is 10.1. The Labute approximate surface area is 141 Å². The van der Waals surface area contributed by atoms with E-state index < -0.39 is 11.6 Å². The standard InChI is InChI=1S/C16H15F2N7/c1-9(14-4-5-15-16(19)22-8-23-25(14)15)13(24-20)7-21-12-3-2-10(17)6-11(12)18/h2-9,20-21H,1H3,(H2,19,22,23)/b13-7-,24-20?. The van der Waals surface area contributed by atoms with Crippen LogP contribution < -0.4 is 11.1 Å². The van der Waals surface area contributed by atoms with Crippen molar-refractivity contribution in [2.24, 2.45) is 5.11 Å². The molecule has 3 aromatic rings. The highest BCUT2D eigenvalue weighted by Crippen LogP contribution is 2.27. The maximum Gasteiger partial charge on any atom is 0.151 e. The van der Waals surface area contributed by atoms with Crippen LogP contribution in [0, 0.1) is 17.2 Å². The molecule has 0 aliphatic heterocycles. The molecule has 2 heterocycles. The molecule has 0 amide bonds. The molecule has 25 heavy (non-hydrogen) atoms. The van der Waals surface area contributed by atoms with Crippen LogP contribution in [0.4, 0.5) is 20.3 Å². The SMILES string of the molecule is CC(/C(=C/Nc1ccc(F)cc1F)N=N)c1ccc2c(N)ncnn12. The number of aromatic nitrogens is 3. The zero-order valence-electron chi connectivity index (χ0n) is 13.2. The van der Waals surface area contributed by atoms with E-state index in [4.69, 9.17) is 11.3 Å². The second-order valence-electron chi connectivity index (χ2n) is 5.37. The zero-order valence-corrected chi connectivity index (χ0v) is 13.2. The maximum absolute atomic E-state index is 13.7. The average Bonchev–Trinajstić information content (AvgIpc) is 3.02. The summed E-state index contributed by atoms with van der Waals surface area (Å²) in [7, 11) is 0. The van der Waals surface area contributed by atoms with Crippen molar-refractivity contribution in [3.63, 3.8) is 0 Å². The molecule has 0 saturated carbocycles. The zero-order chi connectivity index (χ0) is 18.0. The molecule has 0 saturated heterocycles. The molecule has 128 valence electrons. The molecule has 9 heteroatoms. The van der Waals surface area contributed by atoms with Crippen molar-refractivity contribution in [3.8, 4) is 0 Å². The number of nitrogens with two attached hydrogens (primary N) is 1. The molecule has 0 aliphatic rings. The third-order valence-corrected chi connectivity index (χ3v) is 3.83.